The van der Waals surface area contributed by atoms with Gasteiger partial charge in [0.25, 0.3) is 0 Å². The molecular formula is C11H11F2NO3. The summed E-state index contributed by atoms with van der Waals surface area (Å²) in [7, 11) is 0. The topological polar surface area (TPSA) is 66.4 Å². The van der Waals surface area contributed by atoms with Gasteiger partial charge in [0.2, 0.25) is 5.91 Å². The number of carbonyl (C=O) groups excluding carboxylic acids is 1. The van der Waals surface area contributed by atoms with Crippen molar-refractivity contribution in [2.24, 2.45) is 0 Å². The molecular weight excluding hydrogens is 232 g/mol. The van der Waals surface area contributed by atoms with Gasteiger partial charge < -0.3 is 10.4 Å². The molecule has 1 aromatic rings. The predicted octanol–water partition coefficient (Wildman–Crippen LogP) is 1.10. The van der Waals surface area contributed by atoms with Gasteiger partial charge in [-0.25, -0.2) is 13.6 Å². The van der Waals surface area contributed by atoms with Gasteiger partial charge >= 0.3 is 5.97 Å². The van der Waals surface area contributed by atoms with Crippen molar-refractivity contribution in [2.75, 3.05) is 0 Å². The molecule has 0 aliphatic carbocycles. The molecule has 0 bridgehead atoms. The minimum absolute atomic E-state index is 0.105. The second-order valence-electron chi connectivity index (χ2n) is 3.54. The van der Waals surface area contributed by atoms with Crippen LogP contribution in [0.4, 0.5) is 8.78 Å². The van der Waals surface area contributed by atoms with Crippen LogP contribution >= 0.6 is 0 Å². The van der Waals surface area contributed by atoms with E-state index in [-0.39, 0.29) is 6.42 Å². The van der Waals surface area contributed by atoms with Crippen LogP contribution in [-0.2, 0) is 16.0 Å². The highest BCUT2D eigenvalue weighted by Crippen LogP contribution is 2.10. The Morgan fingerprint density at radius 1 is 1.35 bits per heavy atom. The Bertz CT molecular complexity index is 448. The van der Waals surface area contributed by atoms with Crippen LogP contribution in [0.25, 0.3) is 0 Å². The van der Waals surface area contributed by atoms with Gasteiger partial charge in [0, 0.05) is 13.3 Å². The molecule has 1 rings (SSSR count). The van der Waals surface area contributed by atoms with Crippen molar-refractivity contribution in [1.82, 2.24) is 5.32 Å². The van der Waals surface area contributed by atoms with Crippen LogP contribution < -0.4 is 5.32 Å². The number of hydrogen-bond acceptors (Lipinski definition) is 2. The minimum atomic E-state index is -1.23. The second kappa shape index (κ2) is 5.38. The van der Waals surface area contributed by atoms with Gasteiger partial charge in [-0.1, -0.05) is 6.07 Å². The van der Waals surface area contributed by atoms with Crippen molar-refractivity contribution in [3.05, 3.63) is 35.4 Å². The minimum Gasteiger partial charge on any atom is -0.480 e. The van der Waals surface area contributed by atoms with E-state index in [1.807, 2.05) is 0 Å². The molecule has 0 fully saturated rings. The zero-order chi connectivity index (χ0) is 13.0. The molecule has 2 N–H and O–H groups in total. The fourth-order valence-corrected chi connectivity index (χ4v) is 1.35. The molecule has 4 nitrogen and oxygen atoms in total. The molecule has 0 aromatic heterocycles. The summed E-state index contributed by atoms with van der Waals surface area (Å²) in [5.41, 5.74) is 0.296. The molecule has 17 heavy (non-hydrogen) atoms. The first-order valence-electron chi connectivity index (χ1n) is 4.84. The molecule has 6 heteroatoms. The number of carboxylic acid groups (broad SMARTS) is 1. The fourth-order valence-electron chi connectivity index (χ4n) is 1.35. The fraction of sp³-hybridized carbons (Fsp3) is 0.273. The molecule has 0 saturated heterocycles. The summed E-state index contributed by atoms with van der Waals surface area (Å²) < 4.78 is 25.5. The summed E-state index contributed by atoms with van der Waals surface area (Å²) in [5.74, 6) is -3.78. The van der Waals surface area contributed by atoms with Crippen LogP contribution in [0, 0.1) is 11.6 Å². The molecule has 1 amide bonds. The number of amides is 1. The first-order chi connectivity index (χ1) is 7.90. The maximum absolute atomic E-state index is 12.9. The molecule has 0 spiro atoms. The van der Waals surface area contributed by atoms with Gasteiger partial charge in [0.05, 0.1) is 0 Å². The molecule has 1 atom stereocenters. The SMILES string of the molecule is CC(=O)NC(Cc1ccc(F)c(F)c1)C(=O)O. The van der Waals surface area contributed by atoms with E-state index >= 15 is 0 Å². The summed E-state index contributed by atoms with van der Waals surface area (Å²) in [4.78, 5) is 21.6. The van der Waals surface area contributed by atoms with E-state index in [4.69, 9.17) is 5.11 Å². The average Bonchev–Trinajstić information content (AvgIpc) is 2.21. The standard InChI is InChI=1S/C11H11F2NO3/c1-6(15)14-10(11(16)17)5-7-2-3-8(12)9(13)4-7/h2-4,10H,5H2,1H3,(H,14,15)(H,16,17). The summed E-state index contributed by atoms with van der Waals surface area (Å²) in [6.07, 6.45) is -0.105. The Kier molecular flexibility index (Phi) is 4.14. The molecule has 1 unspecified atom stereocenters. The van der Waals surface area contributed by atoms with Gasteiger partial charge in [0.15, 0.2) is 11.6 Å². The van der Waals surface area contributed by atoms with Crippen molar-refractivity contribution in [3.8, 4) is 0 Å². The number of nitrogens with one attached hydrogen (secondary N) is 1. The highest BCUT2D eigenvalue weighted by Gasteiger charge is 2.19. The molecule has 0 aliphatic heterocycles. The summed E-state index contributed by atoms with van der Waals surface area (Å²) in [6.45, 7) is 1.18. The second-order valence-corrected chi connectivity index (χ2v) is 3.54. The Labute approximate surface area is 96.3 Å². The average molecular weight is 243 g/mol. The lowest BCUT2D eigenvalue weighted by Gasteiger charge is -2.13. The molecule has 0 saturated carbocycles. The largest absolute Gasteiger partial charge is 0.480 e. The summed E-state index contributed by atoms with van der Waals surface area (Å²) in [6, 6.07) is 1.94. The number of benzene rings is 1. The third kappa shape index (κ3) is 3.82. The summed E-state index contributed by atoms with van der Waals surface area (Å²) >= 11 is 0. The number of aliphatic carboxylic acids is 1. The van der Waals surface area contributed by atoms with Crippen LogP contribution in [-0.4, -0.2) is 23.0 Å². The highest BCUT2D eigenvalue weighted by molar-refractivity contribution is 5.82. The lowest BCUT2D eigenvalue weighted by molar-refractivity contribution is -0.141. The predicted molar refractivity (Wildman–Crippen MR) is 55.3 cm³/mol. The van der Waals surface area contributed by atoms with Crippen LogP contribution in [0.3, 0.4) is 0 Å². The Balaban J connectivity index is 2.82. The highest BCUT2D eigenvalue weighted by atomic mass is 19.2. The number of hydrogen-bond donors (Lipinski definition) is 2. The van der Waals surface area contributed by atoms with Gasteiger partial charge in [-0.05, 0) is 17.7 Å². The zero-order valence-electron chi connectivity index (χ0n) is 9.04. The Morgan fingerprint density at radius 3 is 2.47 bits per heavy atom. The lowest BCUT2D eigenvalue weighted by atomic mass is 10.1. The molecule has 0 radical (unpaired) electrons. The third-order valence-corrected chi connectivity index (χ3v) is 2.10. The van der Waals surface area contributed by atoms with E-state index in [1.165, 1.54) is 13.0 Å². The van der Waals surface area contributed by atoms with Gasteiger partial charge in [0.1, 0.15) is 6.04 Å². The number of halogens is 2. The third-order valence-electron chi connectivity index (χ3n) is 2.10. The van der Waals surface area contributed by atoms with E-state index in [9.17, 15) is 18.4 Å². The number of rotatable bonds is 4. The maximum Gasteiger partial charge on any atom is 0.326 e. The van der Waals surface area contributed by atoms with Crippen molar-refractivity contribution >= 4 is 11.9 Å². The monoisotopic (exact) mass is 243 g/mol. The van der Waals surface area contributed by atoms with E-state index in [2.05, 4.69) is 5.32 Å². The quantitative estimate of drug-likeness (QED) is 0.832. The normalized spacial score (nSPS) is 11.9. The Hall–Kier alpha value is -1.98. The van der Waals surface area contributed by atoms with Gasteiger partial charge in [-0.3, -0.25) is 4.79 Å². The van der Waals surface area contributed by atoms with Crippen LogP contribution in [0.15, 0.2) is 18.2 Å². The molecule has 1 aromatic carbocycles. The van der Waals surface area contributed by atoms with E-state index in [0.29, 0.717) is 5.56 Å². The lowest BCUT2D eigenvalue weighted by Crippen LogP contribution is -2.41. The van der Waals surface area contributed by atoms with Crippen molar-refractivity contribution in [3.63, 3.8) is 0 Å². The molecule has 92 valence electrons. The summed E-state index contributed by atoms with van der Waals surface area (Å²) in [5, 5.41) is 11.0. The van der Waals surface area contributed by atoms with Gasteiger partial charge in [-0.2, -0.15) is 0 Å². The first kappa shape index (κ1) is 13.1. The maximum atomic E-state index is 12.9. The first-order valence-corrected chi connectivity index (χ1v) is 4.84. The van der Waals surface area contributed by atoms with E-state index < -0.39 is 29.6 Å². The van der Waals surface area contributed by atoms with Crippen LogP contribution in [0.2, 0.25) is 0 Å². The van der Waals surface area contributed by atoms with Crippen molar-refractivity contribution < 1.29 is 23.5 Å². The number of carbonyl (C=O) groups is 2. The van der Waals surface area contributed by atoms with Crippen molar-refractivity contribution in [2.45, 2.75) is 19.4 Å². The van der Waals surface area contributed by atoms with Crippen LogP contribution in [0.1, 0.15) is 12.5 Å². The smallest absolute Gasteiger partial charge is 0.326 e. The van der Waals surface area contributed by atoms with E-state index in [0.717, 1.165) is 12.1 Å². The van der Waals surface area contributed by atoms with Crippen LogP contribution in [0.5, 0.6) is 0 Å². The van der Waals surface area contributed by atoms with E-state index in [1.54, 1.807) is 0 Å². The van der Waals surface area contributed by atoms with Crippen molar-refractivity contribution in [1.29, 1.82) is 0 Å². The Morgan fingerprint density at radius 2 is 2.00 bits per heavy atom. The molecule has 0 heterocycles. The zero-order valence-corrected chi connectivity index (χ0v) is 9.04. The molecule has 0 aliphatic rings. The van der Waals surface area contributed by atoms with Gasteiger partial charge in [-0.15, -0.1) is 0 Å². The number of carboxylic acids is 1.